The van der Waals surface area contributed by atoms with Crippen LogP contribution >= 0.6 is 0 Å². The summed E-state index contributed by atoms with van der Waals surface area (Å²) in [4.78, 5) is 73.4. The molecule has 0 saturated carbocycles. The van der Waals surface area contributed by atoms with Gasteiger partial charge in [-0.2, -0.15) is 0 Å². The monoisotopic (exact) mass is 594 g/mol. The molecule has 0 unspecified atom stereocenters. The lowest BCUT2D eigenvalue weighted by Crippen LogP contribution is -2.54. The molecule has 0 fully saturated rings. The lowest BCUT2D eigenvalue weighted by Gasteiger charge is -2.24. The van der Waals surface area contributed by atoms with E-state index in [2.05, 4.69) is 26.0 Å². The molecule has 3 atom stereocenters. The van der Waals surface area contributed by atoms with Crippen molar-refractivity contribution < 1.29 is 47.7 Å². The molecule has 14 nitrogen and oxygen atoms in total. The van der Waals surface area contributed by atoms with Gasteiger partial charge >= 0.3 is 18.2 Å². The topological polar surface area (TPSA) is 187 Å². The summed E-state index contributed by atoms with van der Waals surface area (Å²) in [5.41, 5.74) is -0.962. The van der Waals surface area contributed by atoms with E-state index < -0.39 is 71.8 Å². The average Bonchev–Trinajstić information content (AvgIpc) is 2.84. The van der Waals surface area contributed by atoms with Crippen LogP contribution in [0, 0.1) is 0 Å². The third-order valence-electron chi connectivity index (χ3n) is 5.07. The first kappa shape index (κ1) is 35.7. The largest absolute Gasteiger partial charge is 0.514 e. The molecule has 1 aromatic carbocycles. The van der Waals surface area contributed by atoms with Gasteiger partial charge in [0.2, 0.25) is 17.7 Å². The van der Waals surface area contributed by atoms with E-state index in [9.17, 15) is 28.8 Å². The number of esters is 1. The quantitative estimate of drug-likeness (QED) is 0.167. The molecule has 1 aromatic rings. The molecule has 0 bridgehead atoms. The molecule has 0 aliphatic heterocycles. The van der Waals surface area contributed by atoms with Crippen molar-refractivity contribution in [1.29, 1.82) is 0 Å². The van der Waals surface area contributed by atoms with E-state index in [-0.39, 0.29) is 12.2 Å². The molecule has 234 valence electrons. The number of methoxy groups -OCH3 is 1. The first-order chi connectivity index (χ1) is 19.3. The van der Waals surface area contributed by atoms with E-state index in [4.69, 9.17) is 14.2 Å². The van der Waals surface area contributed by atoms with E-state index in [0.29, 0.717) is 5.56 Å². The zero-order valence-corrected chi connectivity index (χ0v) is 25.5. The van der Waals surface area contributed by atoms with Crippen LogP contribution in [0.5, 0.6) is 5.75 Å². The lowest BCUT2D eigenvalue weighted by atomic mass is 10.0. The molecule has 42 heavy (non-hydrogen) atoms. The van der Waals surface area contributed by atoms with Gasteiger partial charge in [-0.25, -0.2) is 14.4 Å². The van der Waals surface area contributed by atoms with Crippen molar-refractivity contribution in [3.05, 3.63) is 29.8 Å². The van der Waals surface area contributed by atoms with Crippen LogP contribution in [0.15, 0.2) is 24.3 Å². The zero-order valence-electron chi connectivity index (χ0n) is 25.5. The number of amides is 4. The molecule has 0 spiro atoms. The van der Waals surface area contributed by atoms with Crippen LogP contribution < -0.4 is 26.0 Å². The molecule has 0 saturated heterocycles. The van der Waals surface area contributed by atoms with Gasteiger partial charge in [-0.05, 0) is 73.1 Å². The molecule has 14 heteroatoms. The van der Waals surface area contributed by atoms with E-state index in [1.54, 1.807) is 53.7 Å². The number of ether oxygens (including phenoxy) is 4. The van der Waals surface area contributed by atoms with Crippen LogP contribution in [-0.4, -0.2) is 78.9 Å². The maximum Gasteiger partial charge on any atom is 0.514 e. The Bertz CT molecular complexity index is 1120. The first-order valence-corrected chi connectivity index (χ1v) is 13.2. The number of carbonyl (C=O) groups excluding carboxylic acids is 6. The highest BCUT2D eigenvalue weighted by Crippen LogP contribution is 2.17. The Kier molecular flexibility index (Phi) is 13.2. The molecule has 0 heterocycles. The normalized spacial score (nSPS) is 13.4. The third kappa shape index (κ3) is 14.3. The summed E-state index contributed by atoms with van der Waals surface area (Å²) in [6.07, 6.45) is -1.72. The third-order valence-corrected chi connectivity index (χ3v) is 5.07. The highest BCUT2D eigenvalue weighted by atomic mass is 16.7. The van der Waals surface area contributed by atoms with E-state index in [0.717, 1.165) is 0 Å². The molecular weight excluding hydrogens is 552 g/mol. The summed E-state index contributed by atoms with van der Waals surface area (Å²) in [6.45, 7) is 12.5. The molecule has 0 radical (unpaired) electrons. The summed E-state index contributed by atoms with van der Waals surface area (Å²) in [6, 6.07) is 3.05. The van der Waals surface area contributed by atoms with Crippen molar-refractivity contribution in [3.8, 4) is 5.75 Å². The summed E-state index contributed by atoms with van der Waals surface area (Å²) in [5, 5.41) is 9.74. The minimum atomic E-state index is -1.16. The smallest absolute Gasteiger partial charge is 0.467 e. The van der Waals surface area contributed by atoms with Gasteiger partial charge < -0.3 is 40.2 Å². The molecule has 0 aliphatic rings. The van der Waals surface area contributed by atoms with Crippen LogP contribution in [-0.2, 0) is 39.8 Å². The van der Waals surface area contributed by atoms with Crippen LogP contribution in [0.1, 0.15) is 61.0 Å². The minimum absolute atomic E-state index is 0.0000443. The Labute approximate surface area is 245 Å². The number of benzene rings is 1. The standard InChI is InChI=1S/C28H42N4O10/c1-16(22(34)29-15-21(33)30-17(2)24(36)39-9)31-23(35)20(32-25(37)41-27(3,4)5)14-18-10-12-19(13-11-18)40-26(38)42-28(6,7)8/h10-13,16-17,20H,14-15H2,1-9H3,(H,29,34)(H,30,33)(H,31,35)(H,32,37)/t16-,17+,20+/m0/s1. The van der Waals surface area contributed by atoms with Gasteiger partial charge in [0, 0.05) is 6.42 Å². The second-order valence-corrected chi connectivity index (χ2v) is 11.4. The van der Waals surface area contributed by atoms with Gasteiger partial charge in [0.15, 0.2) is 0 Å². The highest BCUT2D eigenvalue weighted by molar-refractivity contribution is 5.93. The molecule has 0 aromatic heterocycles. The maximum absolute atomic E-state index is 13.1. The molecule has 4 amide bonds. The van der Waals surface area contributed by atoms with Gasteiger partial charge in [0.25, 0.3) is 0 Å². The van der Waals surface area contributed by atoms with Gasteiger partial charge in [0.1, 0.15) is 35.1 Å². The predicted octanol–water partition coefficient (Wildman–Crippen LogP) is 1.73. The summed E-state index contributed by atoms with van der Waals surface area (Å²) in [7, 11) is 1.18. The van der Waals surface area contributed by atoms with E-state index >= 15 is 0 Å². The Balaban J connectivity index is 2.88. The van der Waals surface area contributed by atoms with Gasteiger partial charge in [-0.1, -0.05) is 12.1 Å². The second kappa shape index (κ2) is 15.6. The fourth-order valence-corrected chi connectivity index (χ4v) is 3.18. The maximum atomic E-state index is 13.1. The second-order valence-electron chi connectivity index (χ2n) is 11.4. The Morgan fingerprint density at radius 1 is 0.762 bits per heavy atom. The van der Waals surface area contributed by atoms with Crippen molar-refractivity contribution >= 4 is 35.9 Å². The summed E-state index contributed by atoms with van der Waals surface area (Å²) in [5.74, 6) is -2.44. The van der Waals surface area contributed by atoms with Crippen LogP contribution in [0.3, 0.4) is 0 Å². The number of alkyl carbamates (subject to hydrolysis) is 1. The van der Waals surface area contributed by atoms with Crippen LogP contribution in [0.25, 0.3) is 0 Å². The zero-order chi connectivity index (χ0) is 32.3. The van der Waals surface area contributed by atoms with Crippen molar-refractivity contribution in [1.82, 2.24) is 21.3 Å². The van der Waals surface area contributed by atoms with E-state index in [1.165, 1.54) is 33.1 Å². The molecule has 1 rings (SSSR count). The van der Waals surface area contributed by atoms with Crippen molar-refractivity contribution in [2.24, 2.45) is 0 Å². The molecule has 0 aliphatic carbocycles. The Hall–Kier alpha value is -4.36. The highest BCUT2D eigenvalue weighted by Gasteiger charge is 2.28. The van der Waals surface area contributed by atoms with Gasteiger partial charge in [-0.3, -0.25) is 14.4 Å². The number of hydrogen-bond donors (Lipinski definition) is 4. The van der Waals surface area contributed by atoms with Crippen LogP contribution in [0.2, 0.25) is 0 Å². The summed E-state index contributed by atoms with van der Waals surface area (Å²) >= 11 is 0. The van der Waals surface area contributed by atoms with Gasteiger partial charge in [-0.15, -0.1) is 0 Å². The van der Waals surface area contributed by atoms with Crippen molar-refractivity contribution in [2.45, 2.75) is 91.1 Å². The SMILES string of the molecule is COC(=O)[C@@H](C)NC(=O)CNC(=O)[C@H](C)NC(=O)[C@@H](Cc1ccc(OC(=O)OC(C)(C)C)cc1)NC(=O)OC(C)(C)C. The lowest BCUT2D eigenvalue weighted by molar-refractivity contribution is -0.144. The van der Waals surface area contributed by atoms with Crippen molar-refractivity contribution in [3.63, 3.8) is 0 Å². The molecule has 4 N–H and O–H groups in total. The summed E-state index contributed by atoms with van der Waals surface area (Å²) < 4.78 is 20.1. The minimum Gasteiger partial charge on any atom is -0.467 e. The average molecular weight is 595 g/mol. The number of hydrogen-bond acceptors (Lipinski definition) is 10. The fraction of sp³-hybridized carbons (Fsp3) is 0.571. The predicted molar refractivity (Wildman–Crippen MR) is 150 cm³/mol. The number of carbonyl (C=O) groups is 6. The fourth-order valence-electron chi connectivity index (χ4n) is 3.18. The van der Waals surface area contributed by atoms with Gasteiger partial charge in [0.05, 0.1) is 13.7 Å². The first-order valence-electron chi connectivity index (χ1n) is 13.2. The number of nitrogens with one attached hydrogen (secondary N) is 4. The molecular formula is C28H42N4O10. The van der Waals surface area contributed by atoms with Crippen molar-refractivity contribution in [2.75, 3.05) is 13.7 Å². The Morgan fingerprint density at radius 2 is 1.33 bits per heavy atom. The number of rotatable bonds is 11. The van der Waals surface area contributed by atoms with Crippen LogP contribution in [0.4, 0.5) is 9.59 Å². The van der Waals surface area contributed by atoms with E-state index in [1.807, 2.05) is 0 Å². The Morgan fingerprint density at radius 3 is 1.86 bits per heavy atom.